The van der Waals surface area contributed by atoms with Crippen LogP contribution in [0.4, 0.5) is 4.39 Å². The van der Waals surface area contributed by atoms with E-state index in [2.05, 4.69) is 25.8 Å². The van der Waals surface area contributed by atoms with Crippen molar-refractivity contribution in [1.29, 1.82) is 0 Å². The first-order chi connectivity index (χ1) is 25.0. The third-order valence-electron chi connectivity index (χ3n) is 9.35. The molecule has 52 heavy (non-hydrogen) atoms. The van der Waals surface area contributed by atoms with Crippen LogP contribution in [-0.4, -0.2) is 98.0 Å². The molecule has 4 amide bonds. The summed E-state index contributed by atoms with van der Waals surface area (Å²) in [4.78, 5) is 67.0. The van der Waals surface area contributed by atoms with E-state index >= 15 is 4.39 Å². The molecule has 0 unspecified atom stereocenters. The normalized spacial score (nSPS) is 23.5. The van der Waals surface area contributed by atoms with E-state index in [1.54, 1.807) is 5.51 Å². The molecule has 5 rings (SSSR count). The molecule has 1 fully saturated rings. The van der Waals surface area contributed by atoms with Gasteiger partial charge in [0, 0.05) is 44.8 Å². The fourth-order valence-electron chi connectivity index (χ4n) is 6.61. The summed E-state index contributed by atoms with van der Waals surface area (Å²) in [7, 11) is 1.52. The van der Waals surface area contributed by atoms with Crippen LogP contribution in [0.3, 0.4) is 0 Å². The smallest absolute Gasteiger partial charge is 0.255 e. The summed E-state index contributed by atoms with van der Waals surface area (Å²) in [6, 6.07) is 0.782. The molecule has 1 saturated heterocycles. The number of benzene rings is 1. The highest BCUT2D eigenvalue weighted by molar-refractivity contribution is 7.07. The summed E-state index contributed by atoms with van der Waals surface area (Å²) in [6.07, 6.45) is 5.32. The zero-order valence-electron chi connectivity index (χ0n) is 29.9. The summed E-state index contributed by atoms with van der Waals surface area (Å²) in [5.74, 6) is -2.74. The van der Waals surface area contributed by atoms with Crippen LogP contribution >= 0.6 is 11.3 Å². The van der Waals surface area contributed by atoms with Crippen LogP contribution in [0.1, 0.15) is 93.0 Å². The molecule has 2 aliphatic rings. The number of nitrogens with zero attached hydrogens (tertiary/aromatic N) is 5. The van der Waals surface area contributed by atoms with E-state index in [1.165, 1.54) is 40.3 Å². The van der Waals surface area contributed by atoms with Crippen LogP contribution in [0.5, 0.6) is 5.75 Å². The standard InChI is InChI=1S/C36H48FN7O7S/c1-22(2)15-27-35(48)44-18-24(45)17-29(44)36(49)43(3)28(16-23-20-52-21-39-23)34(47)38-14-9-7-5-4-6-8-13-31-41-30(42-51-31)19-50-32-25(33(46)40-27)11-10-12-26(32)37/h10-12,20-22,24,27-29,45H,4-9,13-19H2,1-3H3,(H,38,47)(H,40,46)/t24-,27+,28-,29+/m0/s1. The van der Waals surface area contributed by atoms with Gasteiger partial charge in [0.15, 0.2) is 18.2 Å². The van der Waals surface area contributed by atoms with Crippen molar-refractivity contribution in [3.8, 4) is 5.75 Å². The second-order valence-electron chi connectivity index (χ2n) is 13.9. The Hall–Kier alpha value is -4.44. The Morgan fingerprint density at radius 1 is 1.08 bits per heavy atom. The van der Waals surface area contributed by atoms with Crippen molar-refractivity contribution in [2.24, 2.45) is 5.92 Å². The predicted molar refractivity (Wildman–Crippen MR) is 189 cm³/mol. The van der Waals surface area contributed by atoms with Crippen LogP contribution in [0.15, 0.2) is 33.6 Å². The lowest BCUT2D eigenvalue weighted by molar-refractivity contribution is -0.147. The van der Waals surface area contributed by atoms with E-state index in [9.17, 15) is 24.3 Å². The highest BCUT2D eigenvalue weighted by Crippen LogP contribution is 2.27. The van der Waals surface area contributed by atoms with Crippen molar-refractivity contribution in [3.05, 3.63) is 57.9 Å². The van der Waals surface area contributed by atoms with Gasteiger partial charge in [0.25, 0.3) is 5.91 Å². The molecule has 14 nitrogen and oxygen atoms in total. The maximum absolute atomic E-state index is 15.1. The van der Waals surface area contributed by atoms with Crippen LogP contribution in [0.25, 0.3) is 0 Å². The van der Waals surface area contributed by atoms with E-state index in [1.807, 2.05) is 19.2 Å². The molecule has 2 aliphatic heterocycles. The average molecular weight is 742 g/mol. The first-order valence-corrected chi connectivity index (χ1v) is 18.9. The molecule has 0 radical (unpaired) electrons. The molecule has 3 aromatic rings. The summed E-state index contributed by atoms with van der Waals surface area (Å²) in [5.41, 5.74) is 2.17. The number of amides is 4. The first kappa shape index (κ1) is 38.8. The molecule has 0 spiro atoms. The van der Waals surface area contributed by atoms with E-state index in [-0.39, 0.29) is 61.4 Å². The number of nitrogens with one attached hydrogen (secondary N) is 2. The monoisotopic (exact) mass is 741 g/mol. The zero-order chi connectivity index (χ0) is 37.2. The number of thiazole rings is 1. The maximum Gasteiger partial charge on any atom is 0.255 e. The molecule has 0 saturated carbocycles. The Balaban J connectivity index is 1.42. The fourth-order valence-corrected chi connectivity index (χ4v) is 7.18. The van der Waals surface area contributed by atoms with Crippen molar-refractivity contribution in [1.82, 2.24) is 35.6 Å². The maximum atomic E-state index is 15.1. The molecule has 3 N–H and O–H groups in total. The molecular formula is C36H48FN7O7S. The SMILES string of the molecule is CC(C)C[C@H]1NC(=O)c2cccc(F)c2OCc2noc(n2)CCCCCCCCNC(=O)[C@H](Cc2cscn2)N(C)C(=O)[C@H]2C[C@H](O)CN2C1=O. The number of aromatic nitrogens is 3. The van der Waals surface area contributed by atoms with Gasteiger partial charge >= 0.3 is 0 Å². The third kappa shape index (κ3) is 10.1. The molecule has 2 bridgehead atoms. The van der Waals surface area contributed by atoms with Crippen molar-refractivity contribution in [2.45, 2.75) is 109 Å². The molecule has 0 aliphatic carbocycles. The Morgan fingerprint density at radius 3 is 2.60 bits per heavy atom. The number of fused-ring (bicyclic) bond motifs is 4. The van der Waals surface area contributed by atoms with E-state index in [0.717, 1.165) is 44.6 Å². The van der Waals surface area contributed by atoms with Crippen molar-refractivity contribution in [2.75, 3.05) is 20.1 Å². The summed E-state index contributed by atoms with van der Waals surface area (Å²) in [6.45, 7) is 3.81. The highest BCUT2D eigenvalue weighted by atomic mass is 32.1. The lowest BCUT2D eigenvalue weighted by atomic mass is 10.0. The number of likely N-dealkylation sites (N-methyl/N-ethyl adjacent to an activating group) is 1. The average Bonchev–Trinajstić information content (AvgIpc) is 3.89. The number of aliphatic hydroxyl groups is 1. The Labute approximate surface area is 306 Å². The van der Waals surface area contributed by atoms with Gasteiger partial charge in [-0.2, -0.15) is 4.98 Å². The number of para-hydroxylation sites is 1. The molecule has 4 heterocycles. The number of hydrogen-bond donors (Lipinski definition) is 3. The number of rotatable bonds is 4. The van der Waals surface area contributed by atoms with Gasteiger partial charge in [-0.1, -0.05) is 50.8 Å². The largest absolute Gasteiger partial charge is 0.482 e. The second-order valence-corrected chi connectivity index (χ2v) is 14.6. The zero-order valence-corrected chi connectivity index (χ0v) is 30.7. The number of halogens is 1. The number of aliphatic hydroxyl groups excluding tert-OH is 1. The van der Waals surface area contributed by atoms with Crippen LogP contribution in [-0.2, 0) is 33.8 Å². The first-order valence-electron chi connectivity index (χ1n) is 18.0. The Kier molecular flexibility index (Phi) is 13.7. The fraction of sp³-hybridized carbons (Fsp3) is 0.583. The van der Waals surface area contributed by atoms with Crippen LogP contribution < -0.4 is 15.4 Å². The Bertz CT molecular complexity index is 1670. The minimum atomic E-state index is -1.12. The predicted octanol–water partition coefficient (Wildman–Crippen LogP) is 3.43. The van der Waals surface area contributed by atoms with Gasteiger partial charge in [-0.3, -0.25) is 19.2 Å². The number of aryl methyl sites for hydroxylation is 1. The summed E-state index contributed by atoms with van der Waals surface area (Å²) < 4.78 is 26.2. The van der Waals surface area contributed by atoms with Crippen LogP contribution in [0.2, 0.25) is 0 Å². The number of carbonyl (C=O) groups is 4. The summed E-state index contributed by atoms with van der Waals surface area (Å²) >= 11 is 1.38. The number of ether oxygens (including phenoxy) is 1. The van der Waals surface area contributed by atoms with Crippen LogP contribution in [0, 0.1) is 11.7 Å². The van der Waals surface area contributed by atoms with Crippen molar-refractivity contribution in [3.63, 3.8) is 0 Å². The topological polar surface area (TPSA) is 180 Å². The number of hydrogen-bond acceptors (Lipinski definition) is 11. The quantitative estimate of drug-likeness (QED) is 0.359. The van der Waals surface area contributed by atoms with Crippen molar-refractivity contribution < 1.29 is 37.9 Å². The lowest BCUT2D eigenvalue weighted by Gasteiger charge is -2.34. The molecule has 16 heteroatoms. The van der Waals surface area contributed by atoms with Gasteiger partial charge in [-0.25, -0.2) is 9.37 Å². The number of carbonyl (C=O) groups excluding carboxylic acids is 4. The van der Waals surface area contributed by atoms with Gasteiger partial charge in [-0.05, 0) is 37.3 Å². The van der Waals surface area contributed by atoms with E-state index in [4.69, 9.17) is 9.26 Å². The highest BCUT2D eigenvalue weighted by Gasteiger charge is 2.44. The Morgan fingerprint density at radius 2 is 1.85 bits per heavy atom. The molecule has 2 aromatic heterocycles. The van der Waals surface area contributed by atoms with E-state index in [0.29, 0.717) is 24.6 Å². The van der Waals surface area contributed by atoms with Crippen molar-refractivity contribution >= 4 is 35.0 Å². The van der Waals surface area contributed by atoms with Gasteiger partial charge in [-0.15, -0.1) is 11.3 Å². The summed E-state index contributed by atoms with van der Waals surface area (Å²) in [5, 5.41) is 22.2. The second kappa shape index (κ2) is 18.4. The molecule has 4 atom stereocenters. The molecule has 282 valence electrons. The minimum absolute atomic E-state index is 0.0397. The van der Waals surface area contributed by atoms with Gasteiger partial charge in [0.2, 0.25) is 29.4 Å². The van der Waals surface area contributed by atoms with Gasteiger partial charge in [0.05, 0.1) is 22.9 Å². The minimum Gasteiger partial charge on any atom is -0.482 e. The van der Waals surface area contributed by atoms with Gasteiger partial charge in [0.1, 0.15) is 18.1 Å². The molecule has 1 aromatic carbocycles. The molecular weight excluding hydrogens is 694 g/mol. The third-order valence-corrected chi connectivity index (χ3v) is 9.98. The van der Waals surface area contributed by atoms with E-state index < -0.39 is 47.8 Å². The lowest BCUT2D eigenvalue weighted by Crippen LogP contribution is -2.57. The van der Waals surface area contributed by atoms with Gasteiger partial charge < -0.3 is 34.8 Å².